The topological polar surface area (TPSA) is 61.8 Å². The first-order valence-corrected chi connectivity index (χ1v) is 12.9. The van der Waals surface area contributed by atoms with Crippen molar-refractivity contribution < 1.29 is 37.0 Å². The minimum absolute atomic E-state index is 0.306. The van der Waals surface area contributed by atoms with Gasteiger partial charge in [0.2, 0.25) is 0 Å². The number of methoxy groups -OCH3 is 1. The van der Waals surface area contributed by atoms with E-state index < -0.39 is 23.9 Å². The quantitative estimate of drug-likeness (QED) is 0.170. The van der Waals surface area contributed by atoms with Gasteiger partial charge in [0.15, 0.2) is 0 Å². The van der Waals surface area contributed by atoms with Gasteiger partial charge in [0.1, 0.15) is 6.10 Å². The number of halogens is 3. The fraction of sp³-hybridized carbons (Fsp3) is 0.517. The Balaban J connectivity index is 1.67. The summed E-state index contributed by atoms with van der Waals surface area (Å²) in [5, 5.41) is 0. The molecule has 0 aliphatic rings. The lowest BCUT2D eigenvalue weighted by Crippen LogP contribution is -2.52. The van der Waals surface area contributed by atoms with Gasteiger partial charge in [-0.1, -0.05) is 87.6 Å². The van der Waals surface area contributed by atoms with E-state index in [2.05, 4.69) is 0 Å². The zero-order chi connectivity index (χ0) is 27.2. The smallest absolute Gasteiger partial charge is 0.432 e. The molecule has 37 heavy (non-hydrogen) atoms. The number of benzene rings is 2. The lowest BCUT2D eigenvalue weighted by molar-refractivity contribution is -0.278. The van der Waals surface area contributed by atoms with Crippen molar-refractivity contribution in [3.05, 3.63) is 71.8 Å². The lowest BCUT2D eigenvalue weighted by atomic mass is 9.92. The molecule has 1 unspecified atom stereocenters. The third-order valence-electron chi connectivity index (χ3n) is 6.32. The summed E-state index contributed by atoms with van der Waals surface area (Å²) < 4.78 is 57.5. The van der Waals surface area contributed by atoms with Crippen LogP contribution in [0.4, 0.5) is 13.2 Å². The molecule has 2 aromatic rings. The summed E-state index contributed by atoms with van der Waals surface area (Å²) in [5.41, 5.74) is -2.92. The monoisotopic (exact) mass is 522 g/mol. The third kappa shape index (κ3) is 8.88. The molecular weight excluding hydrogens is 485 g/mol. The number of ether oxygens (including phenoxy) is 3. The Hall–Kier alpha value is -2.87. The number of unbranched alkanes of at least 4 members (excludes halogenated alkanes) is 6. The molecule has 204 valence electrons. The Bertz CT molecular complexity index is 934. The molecular formula is C29H37F3O5. The SMILES string of the molecule is CCC(CCCCCCCCCOC(=O)c1ccccc1)OC(=O)[C@@](OC)(c1ccccc1)C(F)(F)F. The van der Waals surface area contributed by atoms with Crippen LogP contribution in [0.3, 0.4) is 0 Å². The maximum Gasteiger partial charge on any atom is 0.432 e. The highest BCUT2D eigenvalue weighted by Gasteiger charge is 2.64. The summed E-state index contributed by atoms with van der Waals surface area (Å²) >= 11 is 0. The Morgan fingerprint density at radius 3 is 1.89 bits per heavy atom. The second-order valence-corrected chi connectivity index (χ2v) is 8.95. The van der Waals surface area contributed by atoms with Gasteiger partial charge in [-0.15, -0.1) is 0 Å². The van der Waals surface area contributed by atoms with Gasteiger partial charge >= 0.3 is 18.1 Å². The molecule has 2 atom stereocenters. The van der Waals surface area contributed by atoms with E-state index in [-0.39, 0.29) is 11.5 Å². The first kappa shape index (κ1) is 30.4. The molecule has 0 heterocycles. The number of esters is 2. The van der Waals surface area contributed by atoms with Crippen molar-refractivity contribution in [3.8, 4) is 0 Å². The van der Waals surface area contributed by atoms with Crippen LogP contribution in [-0.2, 0) is 24.6 Å². The molecule has 0 saturated carbocycles. The van der Waals surface area contributed by atoms with E-state index in [9.17, 15) is 22.8 Å². The molecule has 0 fully saturated rings. The van der Waals surface area contributed by atoms with Crippen LogP contribution < -0.4 is 0 Å². The normalized spacial score (nSPS) is 14.0. The van der Waals surface area contributed by atoms with Crippen molar-refractivity contribution in [1.82, 2.24) is 0 Å². The maximum atomic E-state index is 14.0. The summed E-state index contributed by atoms with van der Waals surface area (Å²) in [7, 11) is 0.871. The predicted octanol–water partition coefficient (Wildman–Crippen LogP) is 7.39. The molecule has 8 heteroatoms. The molecule has 0 aromatic heterocycles. The van der Waals surface area contributed by atoms with Crippen molar-refractivity contribution in [2.75, 3.05) is 13.7 Å². The molecule has 0 spiro atoms. The van der Waals surface area contributed by atoms with Crippen LogP contribution in [0.15, 0.2) is 60.7 Å². The first-order chi connectivity index (χ1) is 17.8. The third-order valence-corrected chi connectivity index (χ3v) is 6.32. The van der Waals surface area contributed by atoms with Gasteiger partial charge in [-0.3, -0.25) is 0 Å². The van der Waals surface area contributed by atoms with E-state index in [1.807, 2.05) is 6.07 Å². The zero-order valence-corrected chi connectivity index (χ0v) is 21.6. The van der Waals surface area contributed by atoms with Crippen LogP contribution in [0.5, 0.6) is 0 Å². The number of carbonyl (C=O) groups is 2. The van der Waals surface area contributed by atoms with Crippen LogP contribution in [0.2, 0.25) is 0 Å². The number of carbonyl (C=O) groups excluding carboxylic acids is 2. The predicted molar refractivity (Wildman–Crippen MR) is 135 cm³/mol. The molecule has 2 aromatic carbocycles. The average molecular weight is 523 g/mol. The van der Waals surface area contributed by atoms with E-state index in [1.54, 1.807) is 37.3 Å². The summed E-state index contributed by atoms with van der Waals surface area (Å²) in [6.07, 6.45) is 1.70. The fourth-order valence-electron chi connectivity index (χ4n) is 4.15. The summed E-state index contributed by atoms with van der Waals surface area (Å²) in [4.78, 5) is 24.7. The Morgan fingerprint density at radius 1 is 0.811 bits per heavy atom. The highest BCUT2D eigenvalue weighted by Crippen LogP contribution is 2.43. The van der Waals surface area contributed by atoms with E-state index in [0.29, 0.717) is 25.0 Å². The molecule has 0 N–H and O–H groups in total. The summed E-state index contributed by atoms with van der Waals surface area (Å²) in [6.45, 7) is 2.17. The fourth-order valence-corrected chi connectivity index (χ4v) is 4.15. The number of hydrogen-bond acceptors (Lipinski definition) is 5. The average Bonchev–Trinajstić information content (AvgIpc) is 2.89. The van der Waals surface area contributed by atoms with Gasteiger partial charge in [-0.05, 0) is 37.8 Å². The van der Waals surface area contributed by atoms with E-state index in [4.69, 9.17) is 14.2 Å². The van der Waals surface area contributed by atoms with Gasteiger partial charge in [-0.25, -0.2) is 9.59 Å². The Kier molecular flexibility index (Phi) is 12.6. The van der Waals surface area contributed by atoms with Gasteiger partial charge in [0.05, 0.1) is 12.2 Å². The van der Waals surface area contributed by atoms with Crippen LogP contribution in [-0.4, -0.2) is 37.9 Å². The first-order valence-electron chi connectivity index (χ1n) is 12.9. The van der Waals surface area contributed by atoms with E-state index >= 15 is 0 Å². The molecule has 2 rings (SSSR count). The molecule has 0 saturated heterocycles. The van der Waals surface area contributed by atoms with E-state index in [1.165, 1.54) is 24.3 Å². The van der Waals surface area contributed by atoms with Crippen molar-refractivity contribution >= 4 is 11.9 Å². The summed E-state index contributed by atoms with van der Waals surface area (Å²) in [6, 6.07) is 15.7. The number of hydrogen-bond donors (Lipinski definition) is 0. The van der Waals surface area contributed by atoms with Crippen LogP contribution in [0.1, 0.15) is 80.6 Å². The van der Waals surface area contributed by atoms with Gasteiger partial charge in [-0.2, -0.15) is 13.2 Å². The summed E-state index contributed by atoms with van der Waals surface area (Å²) in [5.74, 6) is -1.75. The highest BCUT2D eigenvalue weighted by molar-refractivity contribution is 5.89. The Labute approximate surface area is 217 Å². The standard InChI is InChI=1S/C29H37F3O5/c1-3-25(37-27(34)28(35-2,29(30,31)32)24-19-13-10-14-20-24)21-15-7-5-4-6-8-16-22-36-26(33)23-17-11-9-12-18-23/h9-14,17-20,25H,3-8,15-16,21-22H2,1-2H3/t25?,28-/m0/s1. The molecule has 0 amide bonds. The maximum absolute atomic E-state index is 14.0. The minimum Gasteiger partial charge on any atom is -0.462 e. The second-order valence-electron chi connectivity index (χ2n) is 8.95. The van der Waals surface area contributed by atoms with Crippen molar-refractivity contribution in [2.24, 2.45) is 0 Å². The van der Waals surface area contributed by atoms with Gasteiger partial charge < -0.3 is 14.2 Å². The van der Waals surface area contributed by atoms with Gasteiger partial charge in [0.25, 0.3) is 5.60 Å². The second kappa shape index (κ2) is 15.4. The van der Waals surface area contributed by atoms with Crippen molar-refractivity contribution in [1.29, 1.82) is 0 Å². The molecule has 0 aliphatic heterocycles. The van der Waals surface area contributed by atoms with E-state index in [0.717, 1.165) is 52.1 Å². The van der Waals surface area contributed by atoms with Crippen LogP contribution >= 0.6 is 0 Å². The minimum atomic E-state index is -4.97. The number of rotatable bonds is 16. The molecule has 5 nitrogen and oxygen atoms in total. The zero-order valence-electron chi connectivity index (χ0n) is 21.6. The van der Waals surface area contributed by atoms with Crippen LogP contribution in [0, 0.1) is 0 Å². The number of alkyl halides is 3. The molecule has 0 radical (unpaired) electrons. The lowest BCUT2D eigenvalue weighted by Gasteiger charge is -2.33. The van der Waals surface area contributed by atoms with Crippen molar-refractivity contribution in [3.63, 3.8) is 0 Å². The largest absolute Gasteiger partial charge is 0.462 e. The molecule has 0 aliphatic carbocycles. The Morgan fingerprint density at radius 2 is 1.35 bits per heavy atom. The molecule has 0 bridgehead atoms. The highest BCUT2D eigenvalue weighted by atomic mass is 19.4. The van der Waals surface area contributed by atoms with Crippen LogP contribution in [0.25, 0.3) is 0 Å². The van der Waals surface area contributed by atoms with Crippen molar-refractivity contribution in [2.45, 2.75) is 82.6 Å². The van der Waals surface area contributed by atoms with Gasteiger partial charge in [0, 0.05) is 12.7 Å².